The fourth-order valence-electron chi connectivity index (χ4n) is 1.46. The number of amides is 1. The monoisotopic (exact) mass is 278 g/mol. The minimum atomic E-state index is -0.276. The summed E-state index contributed by atoms with van der Waals surface area (Å²) in [5, 5.41) is 6.22. The van der Waals surface area contributed by atoms with E-state index in [2.05, 4.69) is 15.6 Å². The molecule has 1 aromatic carbocycles. The van der Waals surface area contributed by atoms with Crippen LogP contribution in [-0.4, -0.2) is 25.0 Å². The summed E-state index contributed by atoms with van der Waals surface area (Å²) in [5.41, 5.74) is 6.37. The van der Waals surface area contributed by atoms with Gasteiger partial charge in [0, 0.05) is 12.7 Å². The van der Waals surface area contributed by atoms with E-state index in [1.807, 2.05) is 0 Å². The summed E-state index contributed by atoms with van der Waals surface area (Å²) in [6.07, 6.45) is 0. The Bertz CT molecular complexity index is 580. The van der Waals surface area contributed by atoms with Crippen molar-refractivity contribution in [2.75, 3.05) is 30.5 Å². The average Bonchev–Trinajstić information content (AvgIpc) is 2.81. The van der Waals surface area contributed by atoms with Crippen LogP contribution in [0.4, 0.5) is 16.6 Å². The first kappa shape index (κ1) is 13.2. The standard InChI is InChI=1S/C12H14N4O2S/c1-14-12-16-10(13)9(19-12)11(17)15-7-3-5-8(18-2)6-4-7/h3-6H,13H2,1-2H3,(H,14,16)(H,15,17). The average molecular weight is 278 g/mol. The Labute approximate surface area is 114 Å². The Morgan fingerprint density at radius 1 is 1.37 bits per heavy atom. The summed E-state index contributed by atoms with van der Waals surface area (Å²) in [6, 6.07) is 7.05. The minimum absolute atomic E-state index is 0.223. The van der Waals surface area contributed by atoms with Gasteiger partial charge in [-0.15, -0.1) is 0 Å². The molecule has 4 N–H and O–H groups in total. The predicted octanol–water partition coefficient (Wildman–Crippen LogP) is 2.03. The number of methoxy groups -OCH3 is 1. The van der Waals surface area contributed by atoms with Crippen LogP contribution in [0.3, 0.4) is 0 Å². The summed E-state index contributed by atoms with van der Waals surface area (Å²) in [6.45, 7) is 0. The molecule has 0 fully saturated rings. The van der Waals surface area contributed by atoms with Crippen molar-refractivity contribution in [1.29, 1.82) is 0 Å². The third-order valence-electron chi connectivity index (χ3n) is 2.42. The van der Waals surface area contributed by atoms with Crippen molar-refractivity contribution >= 4 is 33.9 Å². The largest absolute Gasteiger partial charge is 0.497 e. The van der Waals surface area contributed by atoms with Crippen molar-refractivity contribution in [3.63, 3.8) is 0 Å². The van der Waals surface area contributed by atoms with Crippen molar-refractivity contribution in [1.82, 2.24) is 4.98 Å². The third kappa shape index (κ3) is 2.94. The molecule has 0 atom stereocenters. The lowest BCUT2D eigenvalue weighted by atomic mass is 10.3. The van der Waals surface area contributed by atoms with Gasteiger partial charge in [-0.1, -0.05) is 11.3 Å². The molecule has 19 heavy (non-hydrogen) atoms. The number of nitrogens with two attached hydrogens (primary N) is 1. The lowest BCUT2D eigenvalue weighted by Gasteiger charge is -2.05. The molecule has 2 rings (SSSR count). The van der Waals surface area contributed by atoms with Crippen molar-refractivity contribution in [3.8, 4) is 5.75 Å². The molecule has 2 aromatic rings. The number of nitrogens with one attached hydrogen (secondary N) is 2. The number of hydrogen-bond acceptors (Lipinski definition) is 6. The maximum Gasteiger partial charge on any atom is 0.269 e. The Hall–Kier alpha value is -2.28. The normalized spacial score (nSPS) is 10.0. The van der Waals surface area contributed by atoms with Crippen LogP contribution in [0, 0.1) is 0 Å². The molecule has 0 saturated heterocycles. The van der Waals surface area contributed by atoms with Crippen LogP contribution in [0.15, 0.2) is 24.3 Å². The first-order valence-corrected chi connectivity index (χ1v) is 6.35. The highest BCUT2D eigenvalue weighted by atomic mass is 32.1. The van der Waals surface area contributed by atoms with Gasteiger partial charge >= 0.3 is 0 Å². The molecule has 0 aliphatic carbocycles. The Kier molecular flexibility index (Phi) is 3.86. The van der Waals surface area contributed by atoms with E-state index in [0.717, 1.165) is 5.75 Å². The van der Waals surface area contributed by atoms with Crippen LogP contribution < -0.4 is 21.1 Å². The molecule has 100 valence electrons. The lowest BCUT2D eigenvalue weighted by molar-refractivity contribution is 0.103. The lowest BCUT2D eigenvalue weighted by Crippen LogP contribution is -2.12. The highest BCUT2D eigenvalue weighted by Crippen LogP contribution is 2.25. The second-order valence-electron chi connectivity index (χ2n) is 3.67. The zero-order chi connectivity index (χ0) is 13.8. The number of nitrogen functional groups attached to an aromatic ring is 1. The molecule has 1 aromatic heterocycles. The maximum atomic E-state index is 12.0. The highest BCUT2D eigenvalue weighted by Gasteiger charge is 2.15. The molecular formula is C12H14N4O2S. The van der Waals surface area contributed by atoms with Gasteiger partial charge in [-0.05, 0) is 24.3 Å². The Balaban J connectivity index is 2.13. The van der Waals surface area contributed by atoms with Crippen molar-refractivity contribution in [2.24, 2.45) is 0 Å². The SMILES string of the molecule is CNc1nc(N)c(C(=O)Nc2ccc(OC)cc2)s1. The molecule has 0 radical (unpaired) electrons. The predicted molar refractivity (Wildman–Crippen MR) is 77.0 cm³/mol. The molecule has 0 bridgehead atoms. The second kappa shape index (κ2) is 5.57. The zero-order valence-electron chi connectivity index (χ0n) is 10.6. The van der Waals surface area contributed by atoms with Crippen LogP contribution in [0.1, 0.15) is 9.67 Å². The molecular weight excluding hydrogens is 264 g/mol. The Morgan fingerprint density at radius 3 is 2.58 bits per heavy atom. The van der Waals surface area contributed by atoms with Gasteiger partial charge in [-0.3, -0.25) is 4.79 Å². The summed E-state index contributed by atoms with van der Waals surface area (Å²) < 4.78 is 5.05. The fraction of sp³-hybridized carbons (Fsp3) is 0.167. The number of hydrogen-bond donors (Lipinski definition) is 3. The smallest absolute Gasteiger partial charge is 0.269 e. The van der Waals surface area contributed by atoms with Gasteiger partial charge in [0.1, 0.15) is 16.4 Å². The van der Waals surface area contributed by atoms with Crippen molar-refractivity contribution < 1.29 is 9.53 Å². The summed E-state index contributed by atoms with van der Waals surface area (Å²) in [5.74, 6) is 0.676. The zero-order valence-corrected chi connectivity index (χ0v) is 11.4. The van der Waals surface area contributed by atoms with Gasteiger partial charge < -0.3 is 21.1 Å². The number of rotatable bonds is 4. The van der Waals surface area contributed by atoms with Crippen molar-refractivity contribution in [2.45, 2.75) is 0 Å². The molecule has 0 aliphatic heterocycles. The van der Waals surface area contributed by atoms with Gasteiger partial charge in [-0.25, -0.2) is 4.98 Å². The number of ether oxygens (including phenoxy) is 1. The topological polar surface area (TPSA) is 89.3 Å². The second-order valence-corrected chi connectivity index (χ2v) is 4.67. The number of aromatic nitrogens is 1. The highest BCUT2D eigenvalue weighted by molar-refractivity contribution is 7.18. The number of anilines is 3. The number of carbonyl (C=O) groups is 1. The van der Waals surface area contributed by atoms with E-state index in [1.54, 1.807) is 38.4 Å². The van der Waals surface area contributed by atoms with Gasteiger partial charge in [0.05, 0.1) is 7.11 Å². The van der Waals surface area contributed by atoms with Gasteiger partial charge in [0.25, 0.3) is 5.91 Å². The molecule has 0 saturated carbocycles. The van der Waals surface area contributed by atoms with E-state index in [0.29, 0.717) is 15.7 Å². The minimum Gasteiger partial charge on any atom is -0.497 e. The molecule has 6 nitrogen and oxygen atoms in total. The van der Waals surface area contributed by atoms with Crippen LogP contribution in [0.2, 0.25) is 0 Å². The quantitative estimate of drug-likeness (QED) is 0.796. The molecule has 0 aliphatic rings. The van der Waals surface area contributed by atoms with E-state index < -0.39 is 0 Å². The van der Waals surface area contributed by atoms with Gasteiger partial charge in [0.2, 0.25) is 0 Å². The van der Waals surface area contributed by atoms with E-state index in [9.17, 15) is 4.79 Å². The van der Waals surface area contributed by atoms with Crippen LogP contribution in [-0.2, 0) is 0 Å². The number of benzene rings is 1. The first-order chi connectivity index (χ1) is 9.13. The number of carbonyl (C=O) groups excluding carboxylic acids is 1. The summed E-state index contributed by atoms with van der Waals surface area (Å²) >= 11 is 1.21. The number of nitrogens with zero attached hydrogens (tertiary/aromatic N) is 1. The van der Waals surface area contributed by atoms with E-state index >= 15 is 0 Å². The molecule has 1 amide bonds. The van der Waals surface area contributed by atoms with Crippen LogP contribution in [0.5, 0.6) is 5.75 Å². The molecule has 0 spiro atoms. The third-order valence-corrected chi connectivity index (χ3v) is 3.51. The van der Waals surface area contributed by atoms with Gasteiger partial charge in [0.15, 0.2) is 5.13 Å². The van der Waals surface area contributed by atoms with Crippen LogP contribution in [0.25, 0.3) is 0 Å². The van der Waals surface area contributed by atoms with E-state index in [1.165, 1.54) is 11.3 Å². The first-order valence-electron chi connectivity index (χ1n) is 5.53. The van der Waals surface area contributed by atoms with Gasteiger partial charge in [-0.2, -0.15) is 0 Å². The summed E-state index contributed by atoms with van der Waals surface area (Å²) in [4.78, 5) is 16.5. The summed E-state index contributed by atoms with van der Waals surface area (Å²) in [7, 11) is 3.31. The van der Waals surface area contributed by atoms with E-state index in [-0.39, 0.29) is 11.7 Å². The fourth-order valence-corrected chi connectivity index (χ4v) is 2.20. The van der Waals surface area contributed by atoms with Crippen molar-refractivity contribution in [3.05, 3.63) is 29.1 Å². The van der Waals surface area contributed by atoms with Crippen LogP contribution >= 0.6 is 11.3 Å². The molecule has 7 heteroatoms. The Morgan fingerprint density at radius 2 is 2.05 bits per heavy atom. The molecule has 1 heterocycles. The maximum absolute atomic E-state index is 12.0. The van der Waals surface area contributed by atoms with E-state index in [4.69, 9.17) is 10.5 Å². The molecule has 0 unspecified atom stereocenters. The number of thiazole rings is 1.